The van der Waals surface area contributed by atoms with Crippen molar-refractivity contribution < 1.29 is 4.92 Å². The second-order valence-corrected chi connectivity index (χ2v) is 6.34. The van der Waals surface area contributed by atoms with E-state index in [-0.39, 0.29) is 10.6 Å². The van der Waals surface area contributed by atoms with E-state index in [2.05, 4.69) is 34.2 Å². The van der Waals surface area contributed by atoms with E-state index in [9.17, 15) is 10.1 Å². The molecule has 0 aliphatic rings. The lowest BCUT2D eigenvalue weighted by Gasteiger charge is -2.03. The Bertz CT molecular complexity index is 561. The SMILES string of the molecule is Cc1sc(CNCc2ccc([N+](=O)[O-])cc2)cc1Br. The lowest BCUT2D eigenvalue weighted by molar-refractivity contribution is -0.384. The molecule has 0 saturated heterocycles. The van der Waals surface area contributed by atoms with Gasteiger partial charge in [-0.3, -0.25) is 10.1 Å². The molecule has 0 bridgehead atoms. The molecule has 0 aliphatic heterocycles. The summed E-state index contributed by atoms with van der Waals surface area (Å²) >= 11 is 5.25. The predicted octanol–water partition coefficient (Wildman–Crippen LogP) is 4.02. The summed E-state index contributed by atoms with van der Waals surface area (Å²) in [7, 11) is 0. The van der Waals surface area contributed by atoms with Crippen LogP contribution in [0.3, 0.4) is 0 Å². The quantitative estimate of drug-likeness (QED) is 0.660. The zero-order chi connectivity index (χ0) is 13.8. The molecule has 0 aliphatic carbocycles. The topological polar surface area (TPSA) is 55.2 Å². The van der Waals surface area contributed by atoms with Gasteiger partial charge in [-0.15, -0.1) is 11.3 Å². The van der Waals surface area contributed by atoms with Crippen molar-refractivity contribution in [2.75, 3.05) is 0 Å². The molecule has 19 heavy (non-hydrogen) atoms. The van der Waals surface area contributed by atoms with Crippen molar-refractivity contribution in [3.63, 3.8) is 0 Å². The Morgan fingerprint density at radius 3 is 2.53 bits per heavy atom. The van der Waals surface area contributed by atoms with Crippen LogP contribution in [-0.4, -0.2) is 4.92 Å². The summed E-state index contributed by atoms with van der Waals surface area (Å²) in [6, 6.07) is 8.73. The van der Waals surface area contributed by atoms with Crippen LogP contribution in [0.5, 0.6) is 0 Å². The van der Waals surface area contributed by atoms with E-state index in [0.717, 1.165) is 16.6 Å². The predicted molar refractivity (Wildman–Crippen MR) is 80.4 cm³/mol. The highest BCUT2D eigenvalue weighted by atomic mass is 79.9. The highest BCUT2D eigenvalue weighted by Crippen LogP contribution is 2.26. The van der Waals surface area contributed by atoms with Crippen LogP contribution in [0.25, 0.3) is 0 Å². The number of halogens is 1. The summed E-state index contributed by atoms with van der Waals surface area (Å²) in [5.41, 5.74) is 1.17. The second kappa shape index (κ2) is 6.27. The zero-order valence-electron chi connectivity index (χ0n) is 10.4. The number of hydrogen-bond acceptors (Lipinski definition) is 4. The number of aryl methyl sites for hydroxylation is 1. The monoisotopic (exact) mass is 340 g/mol. The first-order chi connectivity index (χ1) is 9.06. The van der Waals surface area contributed by atoms with Gasteiger partial charge in [-0.25, -0.2) is 0 Å². The molecule has 6 heteroatoms. The van der Waals surface area contributed by atoms with E-state index in [0.29, 0.717) is 6.54 Å². The fourth-order valence-electron chi connectivity index (χ4n) is 1.67. The van der Waals surface area contributed by atoms with Crippen molar-refractivity contribution in [2.24, 2.45) is 0 Å². The number of thiophene rings is 1. The summed E-state index contributed by atoms with van der Waals surface area (Å²) in [5.74, 6) is 0. The summed E-state index contributed by atoms with van der Waals surface area (Å²) in [4.78, 5) is 12.7. The van der Waals surface area contributed by atoms with Crippen molar-refractivity contribution >= 4 is 33.0 Å². The number of non-ortho nitro benzene ring substituents is 1. The van der Waals surface area contributed by atoms with Crippen LogP contribution in [-0.2, 0) is 13.1 Å². The molecule has 0 amide bonds. The Balaban J connectivity index is 1.87. The summed E-state index contributed by atoms with van der Waals surface area (Å²) in [6.45, 7) is 3.58. The molecule has 2 aromatic rings. The van der Waals surface area contributed by atoms with E-state index in [4.69, 9.17) is 0 Å². The molecule has 2 rings (SSSR count). The molecule has 1 aromatic heterocycles. The summed E-state index contributed by atoms with van der Waals surface area (Å²) in [5, 5.41) is 13.9. The van der Waals surface area contributed by atoms with E-state index in [1.807, 2.05) is 0 Å². The standard InChI is InChI=1S/C13H13BrN2O2S/c1-9-13(14)6-12(19-9)8-15-7-10-2-4-11(5-3-10)16(17)18/h2-6,15H,7-8H2,1H3. The number of hydrogen-bond donors (Lipinski definition) is 1. The molecule has 0 unspecified atom stereocenters. The first kappa shape index (κ1) is 14.2. The molecule has 1 aromatic carbocycles. The van der Waals surface area contributed by atoms with Gasteiger partial charge in [0.05, 0.1) is 4.92 Å². The molecule has 100 valence electrons. The fraction of sp³-hybridized carbons (Fsp3) is 0.231. The molecule has 0 saturated carbocycles. The van der Waals surface area contributed by atoms with Gasteiger partial charge in [0.2, 0.25) is 0 Å². The summed E-state index contributed by atoms with van der Waals surface area (Å²) in [6.07, 6.45) is 0. The van der Waals surface area contributed by atoms with Crippen LogP contribution in [0.15, 0.2) is 34.8 Å². The molecular formula is C13H13BrN2O2S. The van der Waals surface area contributed by atoms with Crippen LogP contribution in [0, 0.1) is 17.0 Å². The molecule has 0 atom stereocenters. The van der Waals surface area contributed by atoms with E-state index in [1.54, 1.807) is 23.5 Å². The van der Waals surface area contributed by atoms with Crippen molar-refractivity contribution in [3.8, 4) is 0 Å². The van der Waals surface area contributed by atoms with Crippen LogP contribution < -0.4 is 5.32 Å². The Kier molecular flexibility index (Phi) is 4.68. The maximum absolute atomic E-state index is 10.5. The largest absolute Gasteiger partial charge is 0.308 e. The molecular weight excluding hydrogens is 328 g/mol. The van der Waals surface area contributed by atoms with Gasteiger partial charge < -0.3 is 5.32 Å². The van der Waals surface area contributed by atoms with Crippen LogP contribution in [0.1, 0.15) is 15.3 Å². The van der Waals surface area contributed by atoms with E-state index < -0.39 is 0 Å². The average molecular weight is 341 g/mol. The Morgan fingerprint density at radius 2 is 2.00 bits per heavy atom. The molecule has 0 fully saturated rings. The molecule has 0 spiro atoms. The highest BCUT2D eigenvalue weighted by molar-refractivity contribution is 9.10. The van der Waals surface area contributed by atoms with Crippen molar-refractivity contribution in [3.05, 3.63) is 60.2 Å². The van der Waals surface area contributed by atoms with Gasteiger partial charge in [-0.1, -0.05) is 12.1 Å². The number of nitrogens with one attached hydrogen (secondary N) is 1. The number of nitro groups is 1. The van der Waals surface area contributed by atoms with Gasteiger partial charge in [-0.05, 0) is 34.5 Å². The van der Waals surface area contributed by atoms with Gasteiger partial charge in [0.1, 0.15) is 0 Å². The van der Waals surface area contributed by atoms with Crippen molar-refractivity contribution in [1.82, 2.24) is 5.32 Å². The fourth-order valence-corrected chi connectivity index (χ4v) is 3.24. The van der Waals surface area contributed by atoms with Gasteiger partial charge in [0, 0.05) is 39.4 Å². The third kappa shape index (κ3) is 3.86. The maximum Gasteiger partial charge on any atom is 0.269 e. The third-order valence-electron chi connectivity index (χ3n) is 2.68. The lowest BCUT2D eigenvalue weighted by Crippen LogP contribution is -2.11. The minimum Gasteiger partial charge on any atom is -0.308 e. The first-order valence-corrected chi connectivity index (χ1v) is 7.36. The average Bonchev–Trinajstić information content (AvgIpc) is 2.69. The summed E-state index contributed by atoms with van der Waals surface area (Å²) < 4.78 is 1.14. The van der Waals surface area contributed by atoms with Crippen LogP contribution in [0.4, 0.5) is 5.69 Å². The minimum atomic E-state index is -0.386. The van der Waals surface area contributed by atoms with Gasteiger partial charge in [0.15, 0.2) is 0 Å². The molecule has 1 heterocycles. The highest BCUT2D eigenvalue weighted by Gasteiger charge is 2.05. The van der Waals surface area contributed by atoms with Gasteiger partial charge in [0.25, 0.3) is 5.69 Å². The smallest absolute Gasteiger partial charge is 0.269 e. The maximum atomic E-state index is 10.5. The number of nitrogens with zero attached hydrogens (tertiary/aromatic N) is 1. The Labute approximate surface area is 123 Å². The molecule has 4 nitrogen and oxygen atoms in total. The second-order valence-electron chi connectivity index (χ2n) is 4.14. The number of benzene rings is 1. The van der Waals surface area contributed by atoms with Crippen LogP contribution in [0.2, 0.25) is 0 Å². The van der Waals surface area contributed by atoms with Crippen molar-refractivity contribution in [1.29, 1.82) is 0 Å². The third-order valence-corrected chi connectivity index (χ3v) is 4.82. The van der Waals surface area contributed by atoms with Gasteiger partial charge >= 0.3 is 0 Å². The van der Waals surface area contributed by atoms with Crippen LogP contribution >= 0.6 is 27.3 Å². The minimum absolute atomic E-state index is 0.126. The first-order valence-electron chi connectivity index (χ1n) is 5.75. The lowest BCUT2D eigenvalue weighted by atomic mass is 10.2. The Morgan fingerprint density at radius 1 is 1.32 bits per heavy atom. The van der Waals surface area contributed by atoms with E-state index >= 15 is 0 Å². The number of nitro benzene ring substituents is 1. The normalized spacial score (nSPS) is 10.6. The van der Waals surface area contributed by atoms with Crippen molar-refractivity contribution in [2.45, 2.75) is 20.0 Å². The molecule has 0 radical (unpaired) electrons. The van der Waals surface area contributed by atoms with Gasteiger partial charge in [-0.2, -0.15) is 0 Å². The zero-order valence-corrected chi connectivity index (χ0v) is 12.8. The van der Waals surface area contributed by atoms with E-state index in [1.165, 1.54) is 21.9 Å². The number of rotatable bonds is 5. The Hall–Kier alpha value is -1.24. The molecule has 1 N–H and O–H groups in total.